The van der Waals surface area contributed by atoms with Gasteiger partial charge in [-0.1, -0.05) is 0 Å². The largest absolute Gasteiger partial charge is 0.394 e. The molecule has 2 aromatic rings. The molecule has 0 aromatic carbocycles. The summed E-state index contributed by atoms with van der Waals surface area (Å²) in [6.45, 7) is 3.52. The van der Waals surface area contributed by atoms with Crippen LogP contribution in [0.5, 0.6) is 0 Å². The van der Waals surface area contributed by atoms with Gasteiger partial charge in [0.25, 0.3) is 0 Å². The van der Waals surface area contributed by atoms with Gasteiger partial charge in [0.15, 0.2) is 27.3 Å². The molecule has 0 radical (unpaired) electrons. The van der Waals surface area contributed by atoms with E-state index in [0.29, 0.717) is 20.8 Å². The first-order chi connectivity index (χ1) is 10.9. The summed E-state index contributed by atoms with van der Waals surface area (Å²) < 4.78 is 20.0. The average Bonchev–Trinajstić information content (AvgIpc) is 3.09. The van der Waals surface area contributed by atoms with Crippen LogP contribution in [0.2, 0.25) is 0 Å². The highest BCUT2D eigenvalue weighted by Crippen LogP contribution is 2.43. The minimum atomic E-state index is -0.733. The van der Waals surface area contributed by atoms with E-state index in [9.17, 15) is 5.11 Å². The molecule has 0 amide bonds. The van der Waals surface area contributed by atoms with E-state index in [4.69, 9.17) is 19.9 Å². The Hall–Kier alpha value is -1.08. The molecule has 0 bridgehead atoms. The lowest BCUT2D eigenvalue weighted by Crippen LogP contribution is -2.31. The average molecular weight is 433 g/mol. The van der Waals surface area contributed by atoms with Crippen molar-refractivity contribution in [1.29, 1.82) is 0 Å². The van der Waals surface area contributed by atoms with Gasteiger partial charge in [-0.05, 0) is 13.8 Å². The van der Waals surface area contributed by atoms with Crippen LogP contribution in [-0.2, 0) is 14.2 Å². The van der Waals surface area contributed by atoms with Crippen LogP contribution in [-0.4, -0.2) is 55.3 Å². The fourth-order valence-corrected chi connectivity index (χ4v) is 3.62. The van der Waals surface area contributed by atoms with Crippen molar-refractivity contribution in [3.63, 3.8) is 0 Å². The molecule has 0 unspecified atom stereocenters. The lowest BCUT2D eigenvalue weighted by molar-refractivity contribution is -0.199. The first-order valence-electron chi connectivity index (χ1n) is 7.17. The van der Waals surface area contributed by atoms with Crippen molar-refractivity contribution in [3.8, 4) is 0 Å². The van der Waals surface area contributed by atoms with Crippen molar-refractivity contribution in [2.24, 2.45) is 0 Å². The van der Waals surface area contributed by atoms with E-state index < -0.39 is 18.1 Å². The monoisotopic (exact) mass is 433 g/mol. The van der Waals surface area contributed by atoms with Crippen molar-refractivity contribution in [1.82, 2.24) is 19.5 Å². The molecule has 4 heterocycles. The molecule has 0 saturated carbocycles. The molecule has 2 aromatic heterocycles. The number of nitrogens with two attached hydrogens (primary N) is 1. The lowest BCUT2D eigenvalue weighted by Gasteiger charge is -2.24. The SMILES string of the molecule is CC1(C)O[C@@H]2[C@H](O1)[C@@H](CO)O[C@H]2n1cnc2c(N)nc(I)nc21. The Labute approximate surface area is 145 Å². The van der Waals surface area contributed by atoms with E-state index in [1.807, 2.05) is 36.4 Å². The van der Waals surface area contributed by atoms with Crippen molar-refractivity contribution in [3.05, 3.63) is 10.2 Å². The summed E-state index contributed by atoms with van der Waals surface area (Å²) in [5, 5.41) is 9.57. The maximum Gasteiger partial charge on any atom is 0.194 e. The molecule has 2 aliphatic heterocycles. The smallest absolute Gasteiger partial charge is 0.194 e. The molecule has 4 atom stereocenters. The zero-order valence-corrected chi connectivity index (χ0v) is 14.7. The summed E-state index contributed by atoms with van der Waals surface area (Å²) in [6.07, 6.45) is -0.0947. The maximum absolute atomic E-state index is 9.57. The van der Waals surface area contributed by atoms with Crippen LogP contribution in [0.3, 0.4) is 0 Å². The highest BCUT2D eigenvalue weighted by molar-refractivity contribution is 14.1. The van der Waals surface area contributed by atoms with Crippen LogP contribution >= 0.6 is 22.6 Å². The summed E-state index contributed by atoms with van der Waals surface area (Å²) in [5.74, 6) is -0.417. The van der Waals surface area contributed by atoms with Gasteiger partial charge in [-0.3, -0.25) is 4.57 Å². The van der Waals surface area contributed by atoms with Gasteiger partial charge in [-0.2, -0.15) is 0 Å². The number of nitrogens with zero attached hydrogens (tertiary/aromatic N) is 4. The molecule has 9 nitrogen and oxygen atoms in total. The Morgan fingerprint density at radius 2 is 2.09 bits per heavy atom. The van der Waals surface area contributed by atoms with Gasteiger partial charge in [0.05, 0.1) is 12.9 Å². The number of anilines is 1. The third-order valence-electron chi connectivity index (χ3n) is 4.00. The Morgan fingerprint density at radius 1 is 1.35 bits per heavy atom. The van der Waals surface area contributed by atoms with Crippen LogP contribution < -0.4 is 5.73 Å². The number of aromatic nitrogens is 4. The zero-order chi connectivity index (χ0) is 16.4. The van der Waals surface area contributed by atoms with Crippen molar-refractivity contribution in [2.75, 3.05) is 12.3 Å². The van der Waals surface area contributed by atoms with E-state index in [1.54, 1.807) is 10.9 Å². The second kappa shape index (κ2) is 5.21. The first-order valence-corrected chi connectivity index (χ1v) is 8.25. The predicted octanol–water partition coefficient (Wildman–Crippen LogP) is 0.423. The molecule has 3 N–H and O–H groups in total. The predicted molar refractivity (Wildman–Crippen MR) is 87.3 cm³/mol. The second-order valence-corrected chi connectivity index (χ2v) is 6.98. The van der Waals surface area contributed by atoms with Gasteiger partial charge < -0.3 is 25.1 Å². The van der Waals surface area contributed by atoms with Crippen LogP contribution in [0.25, 0.3) is 11.2 Å². The Kier molecular flexibility index (Phi) is 3.50. The van der Waals surface area contributed by atoms with Crippen molar-refractivity contribution < 1.29 is 19.3 Å². The minimum absolute atomic E-state index is 0.154. The van der Waals surface area contributed by atoms with Crippen LogP contribution in [0, 0.1) is 3.83 Å². The summed E-state index contributed by atoms with van der Waals surface area (Å²) in [5.41, 5.74) is 6.98. The van der Waals surface area contributed by atoms with Gasteiger partial charge in [0.2, 0.25) is 0 Å². The molecular weight excluding hydrogens is 417 g/mol. The normalized spacial score (nSPS) is 32.5. The van der Waals surface area contributed by atoms with E-state index in [0.717, 1.165) is 0 Å². The molecule has 2 aliphatic rings. The van der Waals surface area contributed by atoms with E-state index in [-0.39, 0.29) is 18.8 Å². The van der Waals surface area contributed by atoms with Gasteiger partial charge >= 0.3 is 0 Å². The highest BCUT2D eigenvalue weighted by Gasteiger charge is 2.55. The number of aliphatic hydroxyl groups excluding tert-OH is 1. The molecule has 0 spiro atoms. The highest BCUT2D eigenvalue weighted by atomic mass is 127. The Balaban J connectivity index is 1.79. The molecule has 0 aliphatic carbocycles. The molecule has 124 valence electrons. The number of rotatable bonds is 2. The molecule has 10 heteroatoms. The zero-order valence-electron chi connectivity index (χ0n) is 12.5. The number of ether oxygens (including phenoxy) is 3. The van der Waals surface area contributed by atoms with Gasteiger partial charge in [0.1, 0.15) is 23.8 Å². The first kappa shape index (κ1) is 15.4. The fourth-order valence-electron chi connectivity index (χ4n) is 3.13. The number of nitrogen functional groups attached to an aromatic ring is 1. The summed E-state index contributed by atoms with van der Waals surface area (Å²) in [7, 11) is 0. The number of halogens is 1. The summed E-state index contributed by atoms with van der Waals surface area (Å²) in [4.78, 5) is 12.8. The van der Waals surface area contributed by atoms with Crippen molar-refractivity contribution in [2.45, 2.75) is 44.2 Å². The van der Waals surface area contributed by atoms with E-state index >= 15 is 0 Å². The summed E-state index contributed by atoms with van der Waals surface area (Å²) >= 11 is 2.00. The van der Waals surface area contributed by atoms with Gasteiger partial charge in [0, 0.05) is 22.6 Å². The number of imidazole rings is 1. The fraction of sp³-hybridized carbons (Fsp3) is 0.615. The quantitative estimate of drug-likeness (QED) is 0.517. The number of fused-ring (bicyclic) bond motifs is 2. The molecule has 2 fully saturated rings. The van der Waals surface area contributed by atoms with Crippen LogP contribution in [0.4, 0.5) is 5.82 Å². The lowest BCUT2D eigenvalue weighted by atomic mass is 10.1. The minimum Gasteiger partial charge on any atom is -0.394 e. The second-order valence-electron chi connectivity index (χ2n) is 6.01. The van der Waals surface area contributed by atoms with Crippen LogP contribution in [0.15, 0.2) is 6.33 Å². The Bertz CT molecular complexity index is 766. The molecular formula is C13H16IN5O4. The maximum atomic E-state index is 9.57. The summed E-state index contributed by atoms with van der Waals surface area (Å²) in [6, 6.07) is 0. The molecule has 23 heavy (non-hydrogen) atoms. The third-order valence-corrected chi connectivity index (χ3v) is 4.48. The van der Waals surface area contributed by atoms with Crippen molar-refractivity contribution >= 4 is 39.6 Å². The number of hydrogen-bond donors (Lipinski definition) is 2. The number of aliphatic hydroxyl groups is 1. The van der Waals surface area contributed by atoms with E-state index in [1.165, 1.54) is 0 Å². The Morgan fingerprint density at radius 3 is 2.83 bits per heavy atom. The molecule has 2 saturated heterocycles. The third kappa shape index (κ3) is 2.39. The molecule has 4 rings (SSSR count). The standard InChI is InChI=1S/C13H16IN5O4/c1-13(2)22-7-5(3-20)21-11(8(7)23-13)19-4-16-6-9(15)17-12(14)18-10(6)19/h4-5,7-8,11,20H,3H2,1-2H3,(H2,15,17,18)/t5-,7-,8-,11-/m1/s1. The number of hydrogen-bond acceptors (Lipinski definition) is 8. The van der Waals surface area contributed by atoms with Crippen LogP contribution in [0.1, 0.15) is 20.1 Å². The topological polar surface area (TPSA) is 118 Å². The van der Waals surface area contributed by atoms with Gasteiger partial charge in [-0.15, -0.1) is 0 Å². The van der Waals surface area contributed by atoms with E-state index in [2.05, 4.69) is 15.0 Å². The van der Waals surface area contributed by atoms with Gasteiger partial charge in [-0.25, -0.2) is 15.0 Å².